The van der Waals surface area contributed by atoms with Gasteiger partial charge in [0.25, 0.3) is 5.91 Å². The molecule has 1 aromatic carbocycles. The lowest BCUT2D eigenvalue weighted by molar-refractivity contribution is 0.102. The Bertz CT molecular complexity index is 1220. The summed E-state index contributed by atoms with van der Waals surface area (Å²) in [5, 5.41) is 2.81. The topological polar surface area (TPSA) is 98.2 Å². The second-order valence-corrected chi connectivity index (χ2v) is 8.28. The number of aromatic nitrogens is 4. The molecule has 1 aliphatic carbocycles. The minimum atomic E-state index is -0.203. The zero-order chi connectivity index (χ0) is 21.9. The molecule has 1 fully saturated rings. The summed E-state index contributed by atoms with van der Waals surface area (Å²) in [5.41, 5.74) is 9.40. The summed E-state index contributed by atoms with van der Waals surface area (Å²) in [7, 11) is 0. The molecule has 0 aliphatic heterocycles. The molecule has 5 rings (SSSR count). The lowest BCUT2D eigenvalue weighted by atomic mass is 10.00. The summed E-state index contributed by atoms with van der Waals surface area (Å²) in [6, 6.07) is 12.8. The molecule has 1 aliphatic rings. The molecule has 7 heteroatoms. The average molecular weight is 427 g/mol. The Balaban J connectivity index is 1.48. The Morgan fingerprint density at radius 1 is 0.969 bits per heavy atom. The number of hydrogen-bond donors (Lipinski definition) is 2. The zero-order valence-corrected chi connectivity index (χ0v) is 17.9. The van der Waals surface area contributed by atoms with Crippen molar-refractivity contribution in [3.8, 4) is 11.3 Å². The number of nitrogens with zero attached hydrogens (tertiary/aromatic N) is 4. The van der Waals surface area contributed by atoms with Crippen molar-refractivity contribution in [2.75, 3.05) is 11.1 Å². The number of hydrogen-bond acceptors (Lipinski definition) is 5. The fraction of sp³-hybridized carbons (Fsp3) is 0.280. The predicted molar refractivity (Wildman–Crippen MR) is 125 cm³/mol. The van der Waals surface area contributed by atoms with Gasteiger partial charge in [-0.25, -0.2) is 15.0 Å². The third kappa shape index (κ3) is 3.93. The monoisotopic (exact) mass is 426 g/mol. The van der Waals surface area contributed by atoms with Crippen LogP contribution in [0, 0.1) is 0 Å². The van der Waals surface area contributed by atoms with E-state index >= 15 is 0 Å². The van der Waals surface area contributed by atoms with Gasteiger partial charge in [-0.15, -0.1) is 0 Å². The summed E-state index contributed by atoms with van der Waals surface area (Å²) in [6.07, 6.45) is 12.7. The molecule has 1 saturated carbocycles. The van der Waals surface area contributed by atoms with Crippen molar-refractivity contribution in [1.82, 2.24) is 19.4 Å². The molecule has 0 bridgehead atoms. The van der Waals surface area contributed by atoms with Gasteiger partial charge in [0.05, 0.1) is 0 Å². The van der Waals surface area contributed by atoms with Gasteiger partial charge in [-0.05, 0) is 37.1 Å². The van der Waals surface area contributed by atoms with Crippen molar-refractivity contribution in [1.29, 1.82) is 0 Å². The van der Waals surface area contributed by atoms with Crippen LogP contribution >= 0.6 is 0 Å². The van der Waals surface area contributed by atoms with Crippen molar-refractivity contribution in [3.05, 3.63) is 72.4 Å². The van der Waals surface area contributed by atoms with Crippen molar-refractivity contribution < 1.29 is 4.79 Å². The van der Waals surface area contributed by atoms with E-state index in [2.05, 4.69) is 19.7 Å². The van der Waals surface area contributed by atoms with E-state index in [-0.39, 0.29) is 5.91 Å². The van der Waals surface area contributed by atoms with Crippen molar-refractivity contribution in [3.63, 3.8) is 0 Å². The predicted octanol–water partition coefficient (Wildman–Crippen LogP) is 5.06. The first-order valence-corrected chi connectivity index (χ1v) is 11.2. The second kappa shape index (κ2) is 8.78. The van der Waals surface area contributed by atoms with Crippen LogP contribution in [0.15, 0.2) is 61.1 Å². The highest BCUT2D eigenvalue weighted by molar-refractivity contribution is 6.04. The number of pyridine rings is 1. The molecule has 0 unspecified atom stereocenters. The first-order chi connectivity index (χ1) is 15.7. The van der Waals surface area contributed by atoms with E-state index in [9.17, 15) is 4.79 Å². The SMILES string of the molecule is Nc1nccn2c(C3CCCCCC3)nc(-c3ccc(C(=O)Nc4ccccn4)cc3)c12. The van der Waals surface area contributed by atoms with Crippen molar-refractivity contribution in [2.45, 2.75) is 44.4 Å². The molecule has 3 aromatic heterocycles. The van der Waals surface area contributed by atoms with Crippen LogP contribution in [0.5, 0.6) is 0 Å². The molecule has 162 valence electrons. The molecule has 3 N–H and O–H groups in total. The second-order valence-electron chi connectivity index (χ2n) is 8.28. The minimum Gasteiger partial charge on any atom is -0.382 e. The number of nitrogens with one attached hydrogen (secondary N) is 1. The lowest BCUT2D eigenvalue weighted by Gasteiger charge is -2.12. The summed E-state index contributed by atoms with van der Waals surface area (Å²) in [5.74, 6) is 2.26. The normalized spacial score (nSPS) is 14.9. The van der Waals surface area contributed by atoms with Crippen LogP contribution < -0.4 is 11.1 Å². The Morgan fingerprint density at radius 3 is 2.47 bits per heavy atom. The van der Waals surface area contributed by atoms with Gasteiger partial charge in [0.2, 0.25) is 0 Å². The Hall–Kier alpha value is -3.74. The zero-order valence-electron chi connectivity index (χ0n) is 17.9. The van der Waals surface area contributed by atoms with E-state index in [4.69, 9.17) is 10.7 Å². The van der Waals surface area contributed by atoms with E-state index in [0.717, 1.165) is 35.4 Å². The molecule has 7 nitrogen and oxygen atoms in total. The smallest absolute Gasteiger partial charge is 0.256 e. The van der Waals surface area contributed by atoms with Crippen LogP contribution in [-0.4, -0.2) is 25.3 Å². The molecule has 0 spiro atoms. The number of fused-ring (bicyclic) bond motifs is 1. The molecular weight excluding hydrogens is 400 g/mol. The van der Waals surface area contributed by atoms with Crippen LogP contribution in [0.2, 0.25) is 0 Å². The maximum absolute atomic E-state index is 12.6. The van der Waals surface area contributed by atoms with Gasteiger partial charge in [-0.1, -0.05) is 43.9 Å². The molecule has 4 aromatic rings. The number of carbonyl (C=O) groups is 1. The number of imidazole rings is 1. The largest absolute Gasteiger partial charge is 0.382 e. The molecule has 0 saturated heterocycles. The number of nitrogen functional groups attached to an aromatic ring is 1. The number of amides is 1. The lowest BCUT2D eigenvalue weighted by Crippen LogP contribution is -2.12. The van der Waals surface area contributed by atoms with E-state index in [0.29, 0.717) is 23.1 Å². The van der Waals surface area contributed by atoms with Crippen LogP contribution in [0.4, 0.5) is 11.6 Å². The van der Waals surface area contributed by atoms with Crippen LogP contribution in [-0.2, 0) is 0 Å². The Kier molecular flexibility index (Phi) is 5.54. The highest BCUT2D eigenvalue weighted by atomic mass is 16.1. The molecular formula is C25H26N6O. The summed E-state index contributed by atoms with van der Waals surface area (Å²) in [4.78, 5) is 26.1. The quantitative estimate of drug-likeness (QED) is 0.444. The van der Waals surface area contributed by atoms with Crippen LogP contribution in [0.25, 0.3) is 16.8 Å². The van der Waals surface area contributed by atoms with E-state index < -0.39 is 0 Å². The van der Waals surface area contributed by atoms with E-state index in [1.54, 1.807) is 30.6 Å². The van der Waals surface area contributed by atoms with E-state index in [1.807, 2.05) is 30.5 Å². The highest BCUT2D eigenvalue weighted by Gasteiger charge is 2.23. The highest BCUT2D eigenvalue weighted by Crippen LogP contribution is 2.36. The van der Waals surface area contributed by atoms with Crippen LogP contribution in [0.1, 0.15) is 60.6 Å². The van der Waals surface area contributed by atoms with Gasteiger partial charge < -0.3 is 11.1 Å². The minimum absolute atomic E-state index is 0.203. The standard InChI is InChI=1S/C25H26N6O/c26-23-22-21(30-24(31(22)16-15-28-23)18-7-3-1-2-4-8-18)17-10-12-19(13-11-17)25(32)29-20-9-5-6-14-27-20/h5-6,9-16,18H,1-4,7-8H2,(H2,26,28)(H,27,29,32). The first kappa shape index (κ1) is 20.2. The number of benzene rings is 1. The molecule has 32 heavy (non-hydrogen) atoms. The van der Waals surface area contributed by atoms with Gasteiger partial charge in [0, 0.05) is 35.6 Å². The maximum atomic E-state index is 12.6. The third-order valence-electron chi connectivity index (χ3n) is 6.16. The van der Waals surface area contributed by atoms with E-state index in [1.165, 1.54) is 25.7 Å². The summed E-state index contributed by atoms with van der Waals surface area (Å²) >= 11 is 0. The Labute approximate surface area is 186 Å². The number of anilines is 2. The number of rotatable bonds is 4. The van der Waals surface area contributed by atoms with Gasteiger partial charge in [-0.2, -0.15) is 0 Å². The number of nitrogens with two attached hydrogens (primary N) is 1. The first-order valence-electron chi connectivity index (χ1n) is 11.2. The van der Waals surface area contributed by atoms with Crippen molar-refractivity contribution >= 4 is 23.1 Å². The fourth-order valence-corrected chi connectivity index (χ4v) is 4.52. The average Bonchev–Trinajstić information content (AvgIpc) is 3.01. The number of carbonyl (C=O) groups excluding carboxylic acids is 1. The van der Waals surface area contributed by atoms with Crippen molar-refractivity contribution in [2.24, 2.45) is 0 Å². The third-order valence-corrected chi connectivity index (χ3v) is 6.16. The van der Waals surface area contributed by atoms with Gasteiger partial charge in [0.1, 0.15) is 28.7 Å². The van der Waals surface area contributed by atoms with Crippen LogP contribution in [0.3, 0.4) is 0 Å². The summed E-state index contributed by atoms with van der Waals surface area (Å²) in [6.45, 7) is 0. The maximum Gasteiger partial charge on any atom is 0.256 e. The molecule has 0 radical (unpaired) electrons. The molecule has 3 heterocycles. The molecule has 1 amide bonds. The van der Waals surface area contributed by atoms with Gasteiger partial charge in [0.15, 0.2) is 0 Å². The molecule has 0 atom stereocenters. The van der Waals surface area contributed by atoms with Gasteiger partial charge in [-0.3, -0.25) is 9.20 Å². The summed E-state index contributed by atoms with van der Waals surface area (Å²) < 4.78 is 2.11. The van der Waals surface area contributed by atoms with Gasteiger partial charge >= 0.3 is 0 Å². The fourth-order valence-electron chi connectivity index (χ4n) is 4.52. The Morgan fingerprint density at radius 2 is 1.75 bits per heavy atom.